The number of carbonyl (C=O) groups is 1. The van der Waals surface area contributed by atoms with Crippen molar-refractivity contribution in [3.63, 3.8) is 0 Å². The Morgan fingerprint density at radius 2 is 1.47 bits per heavy atom. The lowest BCUT2D eigenvalue weighted by atomic mass is 10.0. The van der Waals surface area contributed by atoms with Gasteiger partial charge in [0, 0.05) is 16.3 Å². The van der Waals surface area contributed by atoms with Gasteiger partial charge in [0.15, 0.2) is 5.78 Å². The lowest BCUT2D eigenvalue weighted by molar-refractivity contribution is 0.103. The molecule has 19 heavy (non-hydrogen) atoms. The number of hydrogen-bond donors (Lipinski definition) is 1. The molecule has 0 atom stereocenters. The fraction of sp³-hybridized carbons (Fsp3) is 0. The van der Waals surface area contributed by atoms with Crippen LogP contribution in [0.25, 0.3) is 0 Å². The molecule has 2 aromatic carbocycles. The summed E-state index contributed by atoms with van der Waals surface area (Å²) < 4.78 is 0. The Balaban J connectivity index is 2.56. The molecule has 0 fully saturated rings. The van der Waals surface area contributed by atoms with Crippen molar-refractivity contribution in [2.45, 2.75) is 0 Å². The quantitative estimate of drug-likeness (QED) is 0.612. The maximum atomic E-state index is 12.4. The minimum absolute atomic E-state index is 0.166. The molecular formula is C13H7Cl4NO. The number of anilines is 1. The highest BCUT2D eigenvalue weighted by atomic mass is 35.5. The fourth-order valence-electron chi connectivity index (χ4n) is 1.61. The van der Waals surface area contributed by atoms with E-state index in [9.17, 15) is 4.79 Å². The summed E-state index contributed by atoms with van der Waals surface area (Å²) in [7, 11) is 0. The molecule has 0 unspecified atom stereocenters. The van der Waals surface area contributed by atoms with Gasteiger partial charge in [0.05, 0.1) is 20.6 Å². The van der Waals surface area contributed by atoms with Crippen LogP contribution in [0.2, 0.25) is 20.1 Å². The van der Waals surface area contributed by atoms with Crippen molar-refractivity contribution in [3.05, 3.63) is 61.5 Å². The Morgan fingerprint density at radius 1 is 0.895 bits per heavy atom. The van der Waals surface area contributed by atoms with Crippen LogP contribution in [0.5, 0.6) is 0 Å². The Bertz CT molecular complexity index is 647. The number of ketones is 1. The van der Waals surface area contributed by atoms with Gasteiger partial charge in [0.2, 0.25) is 0 Å². The zero-order valence-corrected chi connectivity index (χ0v) is 12.4. The summed E-state index contributed by atoms with van der Waals surface area (Å²) in [5, 5.41) is 0.952. The summed E-state index contributed by atoms with van der Waals surface area (Å²) in [4.78, 5) is 12.4. The lowest BCUT2D eigenvalue weighted by Crippen LogP contribution is -2.04. The van der Waals surface area contributed by atoms with Crippen LogP contribution in [-0.4, -0.2) is 5.78 Å². The summed E-state index contributed by atoms with van der Waals surface area (Å²) in [6.07, 6.45) is 0. The molecule has 0 aliphatic rings. The molecule has 2 nitrogen and oxygen atoms in total. The predicted molar refractivity (Wildman–Crippen MR) is 80.8 cm³/mol. The highest BCUT2D eigenvalue weighted by Crippen LogP contribution is 2.32. The first-order valence-corrected chi connectivity index (χ1v) is 6.65. The summed E-state index contributed by atoms with van der Waals surface area (Å²) >= 11 is 23.8. The highest BCUT2D eigenvalue weighted by molar-refractivity contribution is 6.44. The number of hydrogen-bond acceptors (Lipinski definition) is 2. The smallest absolute Gasteiger partial charge is 0.197 e. The summed E-state index contributed by atoms with van der Waals surface area (Å²) in [6, 6.07) is 7.51. The van der Waals surface area contributed by atoms with Crippen molar-refractivity contribution in [2.24, 2.45) is 0 Å². The van der Waals surface area contributed by atoms with Gasteiger partial charge in [-0.2, -0.15) is 0 Å². The number of benzene rings is 2. The normalized spacial score (nSPS) is 10.5. The molecule has 0 saturated heterocycles. The number of carbonyl (C=O) groups excluding carboxylic acids is 1. The largest absolute Gasteiger partial charge is 0.399 e. The van der Waals surface area contributed by atoms with Crippen LogP contribution in [0.4, 0.5) is 5.69 Å². The van der Waals surface area contributed by atoms with Gasteiger partial charge in [-0.05, 0) is 30.3 Å². The molecule has 2 rings (SSSR count). The molecule has 6 heteroatoms. The average molecular weight is 335 g/mol. The molecule has 0 amide bonds. The predicted octanol–water partition coefficient (Wildman–Crippen LogP) is 5.11. The van der Waals surface area contributed by atoms with E-state index in [1.54, 1.807) is 6.07 Å². The average Bonchev–Trinajstić information content (AvgIpc) is 2.26. The molecule has 0 saturated carbocycles. The van der Waals surface area contributed by atoms with Crippen molar-refractivity contribution in [1.29, 1.82) is 0 Å². The molecule has 0 aliphatic carbocycles. The molecule has 98 valence electrons. The first-order chi connectivity index (χ1) is 8.90. The Kier molecular flexibility index (Phi) is 4.26. The topological polar surface area (TPSA) is 43.1 Å². The van der Waals surface area contributed by atoms with E-state index in [0.29, 0.717) is 10.7 Å². The number of rotatable bonds is 2. The van der Waals surface area contributed by atoms with Gasteiger partial charge in [-0.25, -0.2) is 0 Å². The van der Waals surface area contributed by atoms with E-state index in [0.717, 1.165) is 0 Å². The second-order valence-corrected chi connectivity index (χ2v) is 5.47. The third-order valence-corrected chi connectivity index (χ3v) is 3.60. The van der Waals surface area contributed by atoms with Gasteiger partial charge in [-0.1, -0.05) is 46.4 Å². The van der Waals surface area contributed by atoms with Crippen molar-refractivity contribution in [2.75, 3.05) is 5.73 Å². The van der Waals surface area contributed by atoms with Crippen LogP contribution >= 0.6 is 46.4 Å². The van der Waals surface area contributed by atoms with Gasteiger partial charge in [-0.15, -0.1) is 0 Å². The summed E-state index contributed by atoms with van der Waals surface area (Å²) in [5.41, 5.74) is 6.49. The van der Waals surface area contributed by atoms with Gasteiger partial charge < -0.3 is 5.73 Å². The Morgan fingerprint density at radius 3 is 2.00 bits per heavy atom. The van der Waals surface area contributed by atoms with Crippen LogP contribution in [0, 0.1) is 0 Å². The Labute approximate surface area is 130 Å². The van der Waals surface area contributed by atoms with Gasteiger partial charge in [0.25, 0.3) is 0 Å². The molecule has 2 N–H and O–H groups in total. The lowest BCUT2D eigenvalue weighted by Gasteiger charge is -2.08. The number of halogens is 4. The Hall–Kier alpha value is -0.930. The van der Waals surface area contributed by atoms with Crippen molar-refractivity contribution in [1.82, 2.24) is 0 Å². The van der Waals surface area contributed by atoms with Crippen LogP contribution < -0.4 is 5.73 Å². The molecule has 0 aliphatic heterocycles. The molecule has 0 spiro atoms. The maximum absolute atomic E-state index is 12.4. The zero-order chi connectivity index (χ0) is 14.2. The van der Waals surface area contributed by atoms with E-state index in [1.165, 1.54) is 24.3 Å². The molecule has 0 bridgehead atoms. The van der Waals surface area contributed by atoms with E-state index in [-0.39, 0.29) is 32.0 Å². The second-order valence-electron chi connectivity index (χ2n) is 3.81. The van der Waals surface area contributed by atoms with Crippen LogP contribution in [-0.2, 0) is 0 Å². The second kappa shape index (κ2) is 5.59. The van der Waals surface area contributed by atoms with E-state index in [2.05, 4.69) is 0 Å². The van der Waals surface area contributed by atoms with E-state index >= 15 is 0 Å². The minimum Gasteiger partial charge on any atom is -0.399 e. The molecule has 0 heterocycles. The third kappa shape index (κ3) is 2.98. The van der Waals surface area contributed by atoms with Crippen molar-refractivity contribution < 1.29 is 4.79 Å². The monoisotopic (exact) mass is 333 g/mol. The van der Waals surface area contributed by atoms with Crippen molar-refractivity contribution >= 4 is 57.9 Å². The standard InChI is InChI=1S/C13H7Cl4NO/c14-6-3-10(16)12(11(17)4-6)13(19)8-2-1-7(18)5-9(8)15/h1-5H,18H2. The van der Waals surface area contributed by atoms with Crippen LogP contribution in [0.15, 0.2) is 30.3 Å². The number of nitrogen functional groups attached to an aromatic ring is 1. The summed E-state index contributed by atoms with van der Waals surface area (Å²) in [5.74, 6) is -0.378. The van der Waals surface area contributed by atoms with Crippen LogP contribution in [0.1, 0.15) is 15.9 Å². The van der Waals surface area contributed by atoms with Crippen LogP contribution in [0.3, 0.4) is 0 Å². The molecule has 2 aromatic rings. The molecular weight excluding hydrogens is 328 g/mol. The third-order valence-electron chi connectivity index (χ3n) is 2.47. The first-order valence-electron chi connectivity index (χ1n) is 5.14. The van der Waals surface area contributed by atoms with E-state index < -0.39 is 0 Å². The minimum atomic E-state index is -0.378. The fourth-order valence-corrected chi connectivity index (χ4v) is 2.87. The molecule has 0 aromatic heterocycles. The summed E-state index contributed by atoms with van der Waals surface area (Å²) in [6.45, 7) is 0. The highest BCUT2D eigenvalue weighted by Gasteiger charge is 2.19. The zero-order valence-electron chi connectivity index (χ0n) is 9.38. The maximum Gasteiger partial charge on any atom is 0.197 e. The number of nitrogens with two attached hydrogens (primary N) is 1. The first kappa shape index (κ1) is 14.5. The van der Waals surface area contributed by atoms with Crippen molar-refractivity contribution in [3.8, 4) is 0 Å². The van der Waals surface area contributed by atoms with Gasteiger partial charge >= 0.3 is 0 Å². The van der Waals surface area contributed by atoms with Gasteiger partial charge in [0.1, 0.15) is 0 Å². The SMILES string of the molecule is Nc1ccc(C(=O)c2c(Cl)cc(Cl)cc2Cl)c(Cl)c1. The van der Waals surface area contributed by atoms with E-state index in [4.69, 9.17) is 52.1 Å². The van der Waals surface area contributed by atoms with E-state index in [1.807, 2.05) is 0 Å². The molecule has 0 radical (unpaired) electrons. The van der Waals surface area contributed by atoms with Gasteiger partial charge in [-0.3, -0.25) is 4.79 Å².